The normalized spacial score (nSPS) is 21.2. The third-order valence-corrected chi connectivity index (χ3v) is 3.56. The van der Waals surface area contributed by atoms with Crippen molar-refractivity contribution in [3.63, 3.8) is 0 Å². The minimum absolute atomic E-state index is 0.165. The van der Waals surface area contributed by atoms with E-state index in [4.69, 9.17) is 0 Å². The van der Waals surface area contributed by atoms with Gasteiger partial charge in [0.2, 0.25) is 5.91 Å². The van der Waals surface area contributed by atoms with Crippen molar-refractivity contribution >= 4 is 17.2 Å². The van der Waals surface area contributed by atoms with E-state index in [2.05, 4.69) is 10.6 Å². The van der Waals surface area contributed by atoms with Gasteiger partial charge >= 0.3 is 0 Å². The van der Waals surface area contributed by atoms with Crippen LogP contribution in [0.3, 0.4) is 0 Å². The van der Waals surface area contributed by atoms with Crippen molar-refractivity contribution in [1.82, 2.24) is 10.6 Å². The summed E-state index contributed by atoms with van der Waals surface area (Å²) in [5.74, 6) is 0.356. The fourth-order valence-electron chi connectivity index (χ4n) is 1.81. The summed E-state index contributed by atoms with van der Waals surface area (Å²) in [4.78, 5) is 13.0. The Kier molecular flexibility index (Phi) is 3.75. The molecule has 2 heterocycles. The number of piperidine rings is 1. The molecule has 1 aromatic heterocycles. The second-order valence-corrected chi connectivity index (χ2v) is 4.87. The zero-order valence-corrected chi connectivity index (χ0v) is 9.48. The first-order valence-corrected chi connectivity index (χ1v) is 6.25. The summed E-state index contributed by atoms with van der Waals surface area (Å²) in [7, 11) is 0. The van der Waals surface area contributed by atoms with Crippen molar-refractivity contribution in [3.8, 4) is 0 Å². The minimum Gasteiger partial charge on any atom is -0.351 e. The van der Waals surface area contributed by atoms with E-state index < -0.39 is 0 Å². The van der Waals surface area contributed by atoms with Gasteiger partial charge in [0.1, 0.15) is 0 Å². The lowest BCUT2D eigenvalue weighted by Gasteiger charge is -2.21. The Hall–Kier alpha value is -0.870. The molecule has 0 aromatic carbocycles. The molecular formula is C11H16N2OS. The molecule has 1 fully saturated rings. The van der Waals surface area contributed by atoms with Crippen LogP contribution in [0.5, 0.6) is 0 Å². The summed E-state index contributed by atoms with van der Waals surface area (Å²) in [6.45, 7) is 2.55. The molecule has 2 rings (SSSR count). The van der Waals surface area contributed by atoms with Crippen LogP contribution in [0, 0.1) is 5.92 Å². The summed E-state index contributed by atoms with van der Waals surface area (Å²) in [5.41, 5.74) is 0. The predicted molar refractivity (Wildman–Crippen MR) is 61.8 cm³/mol. The second kappa shape index (κ2) is 5.28. The summed E-state index contributed by atoms with van der Waals surface area (Å²) in [6, 6.07) is 4.05. The van der Waals surface area contributed by atoms with Crippen LogP contribution in [0.2, 0.25) is 0 Å². The highest BCUT2D eigenvalue weighted by atomic mass is 32.1. The molecule has 0 aliphatic carbocycles. The van der Waals surface area contributed by atoms with E-state index in [1.807, 2.05) is 17.5 Å². The smallest absolute Gasteiger partial charge is 0.224 e. The molecular weight excluding hydrogens is 208 g/mol. The number of nitrogens with one attached hydrogen (secondary N) is 2. The van der Waals surface area contributed by atoms with Gasteiger partial charge in [-0.3, -0.25) is 4.79 Å². The van der Waals surface area contributed by atoms with E-state index in [-0.39, 0.29) is 11.8 Å². The van der Waals surface area contributed by atoms with Crippen LogP contribution in [-0.2, 0) is 11.3 Å². The zero-order chi connectivity index (χ0) is 10.5. The highest BCUT2D eigenvalue weighted by molar-refractivity contribution is 7.09. The molecule has 4 heteroatoms. The van der Waals surface area contributed by atoms with Gasteiger partial charge in [-0.1, -0.05) is 6.07 Å². The second-order valence-electron chi connectivity index (χ2n) is 3.84. The first kappa shape index (κ1) is 10.6. The van der Waals surface area contributed by atoms with E-state index in [1.165, 1.54) is 4.88 Å². The van der Waals surface area contributed by atoms with Crippen LogP contribution in [0.4, 0.5) is 0 Å². The summed E-state index contributed by atoms with van der Waals surface area (Å²) < 4.78 is 0. The Morgan fingerprint density at radius 3 is 3.27 bits per heavy atom. The molecule has 0 radical (unpaired) electrons. The van der Waals surface area contributed by atoms with Gasteiger partial charge < -0.3 is 10.6 Å². The van der Waals surface area contributed by atoms with Crippen molar-refractivity contribution in [3.05, 3.63) is 22.4 Å². The highest BCUT2D eigenvalue weighted by Crippen LogP contribution is 2.11. The van der Waals surface area contributed by atoms with Crippen LogP contribution in [0.15, 0.2) is 17.5 Å². The van der Waals surface area contributed by atoms with Gasteiger partial charge in [-0.25, -0.2) is 0 Å². The van der Waals surface area contributed by atoms with Gasteiger partial charge in [0.05, 0.1) is 12.5 Å². The standard InChI is InChI=1S/C11H16N2OS/c14-11(9-3-1-5-12-7-9)13-8-10-4-2-6-15-10/h2,4,6,9,12H,1,3,5,7-8H2,(H,13,14)/t9-/m0/s1. The molecule has 1 aliphatic heterocycles. The molecule has 1 amide bonds. The fourth-order valence-corrected chi connectivity index (χ4v) is 2.45. The molecule has 0 unspecified atom stereocenters. The van der Waals surface area contributed by atoms with Crippen LogP contribution in [-0.4, -0.2) is 19.0 Å². The lowest BCUT2D eigenvalue weighted by Crippen LogP contribution is -2.40. The third-order valence-electron chi connectivity index (χ3n) is 2.68. The number of hydrogen-bond donors (Lipinski definition) is 2. The summed E-state index contributed by atoms with van der Waals surface area (Å²) in [6.07, 6.45) is 2.13. The van der Waals surface area contributed by atoms with E-state index in [0.29, 0.717) is 6.54 Å². The van der Waals surface area contributed by atoms with Gasteiger partial charge in [-0.15, -0.1) is 11.3 Å². The van der Waals surface area contributed by atoms with Gasteiger partial charge in [0.15, 0.2) is 0 Å². The van der Waals surface area contributed by atoms with Gasteiger partial charge in [0.25, 0.3) is 0 Å². The van der Waals surface area contributed by atoms with Crippen molar-refractivity contribution < 1.29 is 4.79 Å². The maximum atomic E-state index is 11.7. The molecule has 1 saturated heterocycles. The maximum Gasteiger partial charge on any atom is 0.224 e. The summed E-state index contributed by atoms with van der Waals surface area (Å²) in [5, 5.41) is 8.27. The molecule has 0 saturated carbocycles. The predicted octanol–water partition coefficient (Wildman–Crippen LogP) is 1.36. The van der Waals surface area contributed by atoms with Crippen molar-refractivity contribution in [2.24, 2.45) is 5.92 Å². The SMILES string of the molecule is O=C(NCc1cccs1)[C@H]1CCCNC1. The van der Waals surface area contributed by atoms with Crippen LogP contribution in [0.1, 0.15) is 17.7 Å². The number of rotatable bonds is 3. The number of hydrogen-bond acceptors (Lipinski definition) is 3. The number of amides is 1. The average molecular weight is 224 g/mol. The first-order valence-electron chi connectivity index (χ1n) is 5.37. The Balaban J connectivity index is 1.76. The number of carbonyl (C=O) groups excluding carboxylic acids is 1. The third kappa shape index (κ3) is 3.04. The number of carbonyl (C=O) groups is 1. The van der Waals surface area contributed by atoms with Crippen molar-refractivity contribution in [2.45, 2.75) is 19.4 Å². The van der Waals surface area contributed by atoms with Crippen LogP contribution < -0.4 is 10.6 Å². The van der Waals surface area contributed by atoms with E-state index in [0.717, 1.165) is 25.9 Å². The Labute approximate surface area is 93.9 Å². The van der Waals surface area contributed by atoms with E-state index >= 15 is 0 Å². The highest BCUT2D eigenvalue weighted by Gasteiger charge is 2.20. The summed E-state index contributed by atoms with van der Waals surface area (Å²) >= 11 is 1.68. The van der Waals surface area contributed by atoms with Crippen LogP contribution in [0.25, 0.3) is 0 Å². The molecule has 1 aliphatic rings. The van der Waals surface area contributed by atoms with Gasteiger partial charge in [0, 0.05) is 11.4 Å². The zero-order valence-electron chi connectivity index (χ0n) is 8.66. The van der Waals surface area contributed by atoms with Crippen molar-refractivity contribution in [1.29, 1.82) is 0 Å². The molecule has 1 aromatic rings. The van der Waals surface area contributed by atoms with E-state index in [9.17, 15) is 4.79 Å². The van der Waals surface area contributed by atoms with Crippen molar-refractivity contribution in [2.75, 3.05) is 13.1 Å². The Morgan fingerprint density at radius 2 is 2.60 bits per heavy atom. The first-order chi connectivity index (χ1) is 7.36. The minimum atomic E-state index is 0.165. The molecule has 0 bridgehead atoms. The quantitative estimate of drug-likeness (QED) is 0.814. The average Bonchev–Trinajstić information content (AvgIpc) is 2.80. The molecule has 15 heavy (non-hydrogen) atoms. The molecule has 1 atom stereocenters. The number of thiophene rings is 1. The fraction of sp³-hybridized carbons (Fsp3) is 0.545. The Bertz CT molecular complexity index is 304. The largest absolute Gasteiger partial charge is 0.351 e. The lowest BCUT2D eigenvalue weighted by atomic mass is 9.99. The topological polar surface area (TPSA) is 41.1 Å². The van der Waals surface area contributed by atoms with E-state index in [1.54, 1.807) is 11.3 Å². The molecule has 82 valence electrons. The van der Waals surface area contributed by atoms with Gasteiger partial charge in [-0.2, -0.15) is 0 Å². The van der Waals surface area contributed by atoms with Gasteiger partial charge in [-0.05, 0) is 30.8 Å². The monoisotopic (exact) mass is 224 g/mol. The lowest BCUT2D eigenvalue weighted by molar-refractivity contribution is -0.125. The molecule has 3 nitrogen and oxygen atoms in total. The molecule has 0 spiro atoms. The molecule has 2 N–H and O–H groups in total. The maximum absolute atomic E-state index is 11.7. The van der Waals surface area contributed by atoms with Crippen LogP contribution >= 0.6 is 11.3 Å². The Morgan fingerprint density at radius 1 is 1.67 bits per heavy atom.